The van der Waals surface area contributed by atoms with Gasteiger partial charge in [0.2, 0.25) is 11.1 Å². The molecular weight excluding hydrogens is 466 g/mol. The minimum Gasteiger partial charge on any atom is -0.325 e. The molecule has 7 nitrogen and oxygen atoms in total. The van der Waals surface area contributed by atoms with Gasteiger partial charge in [0.15, 0.2) is 0 Å². The van der Waals surface area contributed by atoms with E-state index in [4.69, 9.17) is 0 Å². The summed E-state index contributed by atoms with van der Waals surface area (Å²) in [5, 5.41) is 14.4. The molecule has 4 rings (SSSR count). The third-order valence-electron chi connectivity index (χ3n) is 4.47. The molecule has 0 aliphatic carbocycles. The van der Waals surface area contributed by atoms with E-state index in [1.165, 1.54) is 21.8 Å². The maximum atomic E-state index is 12.3. The zero-order valence-electron chi connectivity index (χ0n) is 16.1. The molecule has 9 heteroatoms. The number of anilines is 1. The lowest BCUT2D eigenvalue weighted by atomic mass is 10.1. The molecule has 2 heterocycles. The number of amides is 1. The van der Waals surface area contributed by atoms with E-state index in [9.17, 15) is 9.59 Å². The van der Waals surface area contributed by atoms with Crippen molar-refractivity contribution in [3.63, 3.8) is 0 Å². The molecule has 2 aromatic carbocycles. The van der Waals surface area contributed by atoms with Crippen LogP contribution in [-0.2, 0) is 11.2 Å². The number of thioether (sulfide) groups is 1. The number of carbonyl (C=O) groups excluding carboxylic acids is 1. The van der Waals surface area contributed by atoms with Crippen molar-refractivity contribution < 1.29 is 4.79 Å². The van der Waals surface area contributed by atoms with Crippen molar-refractivity contribution in [3.05, 3.63) is 75.0 Å². The normalized spacial score (nSPS) is 11.0. The molecule has 4 aromatic rings. The molecule has 0 atom stereocenters. The highest BCUT2D eigenvalue weighted by Crippen LogP contribution is 2.22. The number of H-pyrrole nitrogens is 1. The summed E-state index contributed by atoms with van der Waals surface area (Å²) in [5.74, 6) is -0.0529. The number of aromatic amines is 1. The lowest BCUT2D eigenvalue weighted by Crippen LogP contribution is -2.17. The molecule has 0 aliphatic heterocycles. The van der Waals surface area contributed by atoms with E-state index in [0.717, 1.165) is 16.5 Å². The minimum atomic E-state index is -0.332. The van der Waals surface area contributed by atoms with Gasteiger partial charge in [-0.3, -0.25) is 9.59 Å². The molecule has 2 aromatic heterocycles. The fraction of sp³-hybridized carbons (Fsp3) is 0.143. The van der Waals surface area contributed by atoms with Gasteiger partial charge in [0.1, 0.15) is 5.52 Å². The highest BCUT2D eigenvalue weighted by atomic mass is 79.9. The Labute approximate surface area is 185 Å². The van der Waals surface area contributed by atoms with Crippen LogP contribution in [0, 0.1) is 0 Å². The highest BCUT2D eigenvalue weighted by molar-refractivity contribution is 9.10. The van der Waals surface area contributed by atoms with Crippen LogP contribution in [0.1, 0.15) is 12.5 Å². The Morgan fingerprint density at radius 1 is 1.20 bits per heavy atom. The molecule has 0 aliphatic rings. The lowest BCUT2D eigenvalue weighted by molar-refractivity contribution is -0.113. The predicted molar refractivity (Wildman–Crippen MR) is 122 cm³/mol. The molecular formula is C21H18BrN5O2S. The van der Waals surface area contributed by atoms with Gasteiger partial charge in [-0.15, -0.1) is 5.10 Å². The van der Waals surface area contributed by atoms with Crippen molar-refractivity contribution in [1.29, 1.82) is 0 Å². The zero-order valence-corrected chi connectivity index (χ0v) is 18.5. The first-order chi connectivity index (χ1) is 14.5. The fourth-order valence-corrected chi connectivity index (χ4v) is 4.03. The molecule has 0 saturated heterocycles. The molecule has 0 unspecified atom stereocenters. The van der Waals surface area contributed by atoms with Crippen molar-refractivity contribution in [3.8, 4) is 11.3 Å². The SMILES string of the molecule is CCc1ccc(-c2cc3c(=O)[nH]nc(SCC(=O)Nc4cccc(Br)c4)n3n2)cc1. The van der Waals surface area contributed by atoms with E-state index in [2.05, 4.69) is 43.5 Å². The predicted octanol–water partition coefficient (Wildman–Crippen LogP) is 4.14. The van der Waals surface area contributed by atoms with Crippen LogP contribution in [0.3, 0.4) is 0 Å². The number of hydrogen-bond acceptors (Lipinski definition) is 5. The van der Waals surface area contributed by atoms with Crippen molar-refractivity contribution >= 4 is 44.8 Å². The smallest absolute Gasteiger partial charge is 0.290 e. The van der Waals surface area contributed by atoms with E-state index in [1.807, 2.05) is 48.5 Å². The van der Waals surface area contributed by atoms with Gasteiger partial charge >= 0.3 is 0 Å². The van der Waals surface area contributed by atoms with Gasteiger partial charge in [0, 0.05) is 15.7 Å². The Bertz CT molecular complexity index is 1270. The summed E-state index contributed by atoms with van der Waals surface area (Å²) in [7, 11) is 0. The molecule has 1 amide bonds. The number of nitrogens with one attached hydrogen (secondary N) is 2. The Morgan fingerprint density at radius 3 is 2.73 bits per heavy atom. The number of carbonyl (C=O) groups is 1. The van der Waals surface area contributed by atoms with Crippen molar-refractivity contribution in [2.75, 3.05) is 11.1 Å². The number of aryl methyl sites for hydroxylation is 1. The van der Waals surface area contributed by atoms with Crippen LogP contribution in [-0.4, -0.2) is 31.5 Å². The topological polar surface area (TPSA) is 92.1 Å². The number of benzene rings is 2. The maximum absolute atomic E-state index is 12.3. The standard InChI is InChI=1S/C21H18BrN5O2S/c1-2-13-6-8-14(9-7-13)17-11-18-20(29)24-25-21(27(18)26-17)30-12-19(28)23-16-5-3-4-15(22)10-16/h3-11H,2,12H2,1H3,(H,23,28)(H,24,29). The van der Waals surface area contributed by atoms with Crippen LogP contribution in [0.2, 0.25) is 0 Å². The summed E-state index contributed by atoms with van der Waals surface area (Å²) in [4.78, 5) is 24.5. The lowest BCUT2D eigenvalue weighted by Gasteiger charge is -2.06. The van der Waals surface area contributed by atoms with E-state index >= 15 is 0 Å². The van der Waals surface area contributed by atoms with Crippen molar-refractivity contribution in [1.82, 2.24) is 19.8 Å². The number of hydrogen-bond donors (Lipinski definition) is 2. The van der Waals surface area contributed by atoms with E-state index in [1.54, 1.807) is 6.07 Å². The Balaban J connectivity index is 1.55. The van der Waals surface area contributed by atoms with Crippen LogP contribution in [0.15, 0.2) is 69.0 Å². The van der Waals surface area contributed by atoms with Crippen LogP contribution in [0.5, 0.6) is 0 Å². The molecule has 0 fully saturated rings. The summed E-state index contributed by atoms with van der Waals surface area (Å²) in [5.41, 5.74) is 3.58. The summed E-state index contributed by atoms with van der Waals surface area (Å²) in [6.45, 7) is 2.10. The van der Waals surface area contributed by atoms with Gasteiger partial charge in [-0.05, 0) is 36.2 Å². The molecule has 152 valence electrons. The Kier molecular flexibility index (Phi) is 6.01. The fourth-order valence-electron chi connectivity index (χ4n) is 2.93. The molecule has 0 bridgehead atoms. The van der Waals surface area contributed by atoms with Gasteiger partial charge < -0.3 is 5.32 Å². The molecule has 0 saturated carbocycles. The van der Waals surface area contributed by atoms with Gasteiger partial charge in [0.25, 0.3) is 5.56 Å². The third-order valence-corrected chi connectivity index (χ3v) is 5.90. The van der Waals surface area contributed by atoms with Gasteiger partial charge in [-0.2, -0.15) is 5.10 Å². The van der Waals surface area contributed by atoms with Gasteiger partial charge in [-0.25, -0.2) is 9.61 Å². The van der Waals surface area contributed by atoms with Crippen molar-refractivity contribution in [2.24, 2.45) is 0 Å². The van der Waals surface area contributed by atoms with E-state index < -0.39 is 0 Å². The Hall–Kier alpha value is -2.91. The monoisotopic (exact) mass is 483 g/mol. The zero-order chi connectivity index (χ0) is 21.1. The van der Waals surface area contributed by atoms with Crippen LogP contribution in [0.25, 0.3) is 16.8 Å². The second kappa shape index (κ2) is 8.85. The number of halogens is 1. The molecule has 0 radical (unpaired) electrons. The average Bonchev–Trinajstić information content (AvgIpc) is 3.20. The second-order valence-corrected chi connectivity index (χ2v) is 8.42. The quantitative estimate of drug-likeness (QED) is 0.402. The number of nitrogens with zero attached hydrogens (tertiary/aromatic N) is 3. The number of rotatable bonds is 6. The summed E-state index contributed by atoms with van der Waals surface area (Å²) in [6, 6.07) is 17.2. The molecule has 0 spiro atoms. The van der Waals surface area contributed by atoms with Gasteiger partial charge in [-0.1, -0.05) is 64.9 Å². The maximum Gasteiger partial charge on any atom is 0.290 e. The van der Waals surface area contributed by atoms with Crippen LogP contribution in [0.4, 0.5) is 5.69 Å². The minimum absolute atomic E-state index is 0.126. The number of aromatic nitrogens is 4. The average molecular weight is 484 g/mol. The summed E-state index contributed by atoms with van der Waals surface area (Å²) >= 11 is 4.58. The first-order valence-corrected chi connectivity index (χ1v) is 11.1. The summed E-state index contributed by atoms with van der Waals surface area (Å²) < 4.78 is 2.37. The van der Waals surface area contributed by atoms with E-state index in [-0.39, 0.29) is 17.2 Å². The van der Waals surface area contributed by atoms with Crippen LogP contribution >= 0.6 is 27.7 Å². The Morgan fingerprint density at radius 2 is 2.00 bits per heavy atom. The third kappa shape index (κ3) is 4.47. The van der Waals surface area contributed by atoms with Crippen LogP contribution < -0.4 is 10.9 Å². The second-order valence-electron chi connectivity index (χ2n) is 6.56. The van der Waals surface area contributed by atoms with Crippen molar-refractivity contribution in [2.45, 2.75) is 18.5 Å². The highest BCUT2D eigenvalue weighted by Gasteiger charge is 2.14. The first kappa shape index (κ1) is 20.4. The van der Waals surface area contributed by atoms with E-state index in [0.29, 0.717) is 22.1 Å². The summed E-state index contributed by atoms with van der Waals surface area (Å²) in [6.07, 6.45) is 0.956. The number of fused-ring (bicyclic) bond motifs is 1. The molecule has 30 heavy (non-hydrogen) atoms. The van der Waals surface area contributed by atoms with Gasteiger partial charge in [0.05, 0.1) is 11.4 Å². The largest absolute Gasteiger partial charge is 0.325 e. The molecule has 2 N–H and O–H groups in total. The first-order valence-electron chi connectivity index (χ1n) is 9.29.